The highest BCUT2D eigenvalue weighted by Crippen LogP contribution is 2.16. The van der Waals surface area contributed by atoms with Crippen molar-refractivity contribution in [3.05, 3.63) is 29.8 Å². The minimum Gasteiger partial charge on any atom is -0.496 e. The molecule has 0 spiro atoms. The van der Waals surface area contributed by atoms with E-state index in [0.717, 1.165) is 5.56 Å². The Morgan fingerprint density at radius 2 is 1.94 bits per heavy atom. The van der Waals surface area contributed by atoms with E-state index in [1.165, 1.54) is 7.11 Å². The van der Waals surface area contributed by atoms with Gasteiger partial charge in [0.05, 0.1) is 14.2 Å². The van der Waals surface area contributed by atoms with Gasteiger partial charge in [0.15, 0.2) is 0 Å². The zero-order valence-electron chi connectivity index (χ0n) is 9.86. The summed E-state index contributed by atoms with van der Waals surface area (Å²) in [6.07, 6.45) is -0.272. The van der Waals surface area contributed by atoms with Crippen LogP contribution in [-0.2, 0) is 20.9 Å². The van der Waals surface area contributed by atoms with E-state index in [2.05, 4.69) is 10.1 Å². The van der Waals surface area contributed by atoms with Crippen LogP contribution >= 0.6 is 0 Å². The number of ether oxygens (including phenoxy) is 2. The van der Waals surface area contributed by atoms with Gasteiger partial charge in [0.1, 0.15) is 12.2 Å². The number of rotatable bonds is 5. The number of hydrogen-bond donors (Lipinski definition) is 1. The van der Waals surface area contributed by atoms with Gasteiger partial charge < -0.3 is 14.8 Å². The summed E-state index contributed by atoms with van der Waals surface area (Å²) >= 11 is 0. The molecular weight excluding hydrogens is 222 g/mol. The van der Waals surface area contributed by atoms with Crippen LogP contribution in [0.3, 0.4) is 0 Å². The molecule has 1 aromatic carbocycles. The first-order valence-electron chi connectivity index (χ1n) is 5.12. The number of carbonyl (C=O) groups excluding carboxylic acids is 2. The molecule has 0 fully saturated rings. The first-order chi connectivity index (χ1) is 8.17. The van der Waals surface area contributed by atoms with Crippen molar-refractivity contribution >= 4 is 11.9 Å². The lowest BCUT2D eigenvalue weighted by Gasteiger charge is -2.08. The Morgan fingerprint density at radius 3 is 2.59 bits per heavy atom. The first kappa shape index (κ1) is 13.0. The Labute approximate surface area is 99.7 Å². The fourth-order valence-electron chi connectivity index (χ4n) is 1.31. The van der Waals surface area contributed by atoms with E-state index in [4.69, 9.17) is 4.74 Å². The predicted octanol–water partition coefficient (Wildman–Crippen LogP) is 0.874. The van der Waals surface area contributed by atoms with Crippen molar-refractivity contribution in [2.24, 2.45) is 0 Å². The topological polar surface area (TPSA) is 64.6 Å². The van der Waals surface area contributed by atoms with Crippen molar-refractivity contribution in [1.82, 2.24) is 5.32 Å². The second-order valence-corrected chi connectivity index (χ2v) is 3.34. The van der Waals surface area contributed by atoms with Gasteiger partial charge in [-0.3, -0.25) is 9.59 Å². The maximum absolute atomic E-state index is 11.3. The lowest BCUT2D eigenvalue weighted by atomic mass is 10.2. The molecule has 92 valence electrons. The third-order valence-electron chi connectivity index (χ3n) is 2.20. The molecule has 5 heteroatoms. The second kappa shape index (κ2) is 6.52. The van der Waals surface area contributed by atoms with E-state index in [9.17, 15) is 9.59 Å². The lowest BCUT2D eigenvalue weighted by molar-refractivity contribution is -0.143. The summed E-state index contributed by atoms with van der Waals surface area (Å²) < 4.78 is 9.53. The van der Waals surface area contributed by atoms with E-state index >= 15 is 0 Å². The number of esters is 1. The van der Waals surface area contributed by atoms with Crippen LogP contribution in [0, 0.1) is 0 Å². The quantitative estimate of drug-likeness (QED) is 0.609. The standard InChI is InChI=1S/C12H15NO4/c1-16-10-6-4-3-5-9(10)8-13-11(14)7-12(15)17-2/h3-6H,7-8H2,1-2H3,(H,13,14). The molecule has 0 saturated carbocycles. The zero-order chi connectivity index (χ0) is 12.7. The highest BCUT2D eigenvalue weighted by atomic mass is 16.5. The number of para-hydroxylation sites is 1. The molecule has 0 atom stereocenters. The third kappa shape index (κ3) is 4.14. The number of carbonyl (C=O) groups is 2. The number of methoxy groups -OCH3 is 2. The van der Waals surface area contributed by atoms with Crippen molar-refractivity contribution in [2.75, 3.05) is 14.2 Å². The van der Waals surface area contributed by atoms with E-state index in [-0.39, 0.29) is 12.3 Å². The number of hydrogen-bond acceptors (Lipinski definition) is 4. The van der Waals surface area contributed by atoms with Crippen molar-refractivity contribution < 1.29 is 19.1 Å². The molecule has 1 aromatic rings. The molecular formula is C12H15NO4. The third-order valence-corrected chi connectivity index (χ3v) is 2.20. The Balaban J connectivity index is 2.50. The van der Waals surface area contributed by atoms with Crippen molar-refractivity contribution in [3.8, 4) is 5.75 Å². The van der Waals surface area contributed by atoms with Gasteiger partial charge in [-0.25, -0.2) is 0 Å². The minimum atomic E-state index is -0.553. The zero-order valence-corrected chi connectivity index (χ0v) is 9.86. The molecule has 0 bridgehead atoms. The summed E-state index contributed by atoms with van der Waals surface area (Å²) in [5.74, 6) is -0.226. The minimum absolute atomic E-state index is 0.272. The normalized spacial score (nSPS) is 9.53. The van der Waals surface area contributed by atoms with Gasteiger partial charge in [-0.1, -0.05) is 18.2 Å². The Kier molecular flexibility index (Phi) is 5.00. The number of benzene rings is 1. The van der Waals surface area contributed by atoms with Crippen LogP contribution in [-0.4, -0.2) is 26.1 Å². The molecule has 0 aliphatic heterocycles. The Bertz CT molecular complexity index is 403. The SMILES string of the molecule is COC(=O)CC(=O)NCc1ccccc1OC. The van der Waals surface area contributed by atoms with E-state index in [0.29, 0.717) is 12.3 Å². The van der Waals surface area contributed by atoms with Crippen LogP contribution in [0.4, 0.5) is 0 Å². The number of nitrogens with one attached hydrogen (secondary N) is 1. The van der Waals surface area contributed by atoms with Gasteiger partial charge in [0, 0.05) is 12.1 Å². The highest BCUT2D eigenvalue weighted by Gasteiger charge is 2.09. The summed E-state index contributed by atoms with van der Waals surface area (Å²) in [5.41, 5.74) is 0.855. The Morgan fingerprint density at radius 1 is 1.24 bits per heavy atom. The highest BCUT2D eigenvalue weighted by molar-refractivity contribution is 5.94. The van der Waals surface area contributed by atoms with Gasteiger partial charge in [-0.15, -0.1) is 0 Å². The van der Waals surface area contributed by atoms with E-state index in [1.807, 2.05) is 24.3 Å². The number of amides is 1. The van der Waals surface area contributed by atoms with Crippen LogP contribution in [0.25, 0.3) is 0 Å². The van der Waals surface area contributed by atoms with E-state index in [1.54, 1.807) is 7.11 Å². The lowest BCUT2D eigenvalue weighted by Crippen LogP contribution is -2.25. The van der Waals surface area contributed by atoms with Crippen LogP contribution in [0.1, 0.15) is 12.0 Å². The van der Waals surface area contributed by atoms with Crippen LogP contribution < -0.4 is 10.1 Å². The molecule has 17 heavy (non-hydrogen) atoms. The van der Waals surface area contributed by atoms with Gasteiger partial charge in [-0.05, 0) is 6.07 Å². The molecule has 1 amide bonds. The van der Waals surface area contributed by atoms with Crippen LogP contribution in [0.15, 0.2) is 24.3 Å². The fourth-order valence-corrected chi connectivity index (χ4v) is 1.31. The maximum atomic E-state index is 11.3. The van der Waals surface area contributed by atoms with Crippen LogP contribution in [0.2, 0.25) is 0 Å². The summed E-state index contributed by atoms with van der Waals surface area (Å²) in [7, 11) is 2.81. The molecule has 0 radical (unpaired) electrons. The second-order valence-electron chi connectivity index (χ2n) is 3.34. The average molecular weight is 237 g/mol. The van der Waals surface area contributed by atoms with E-state index < -0.39 is 5.97 Å². The molecule has 0 unspecified atom stereocenters. The molecule has 0 saturated heterocycles. The fraction of sp³-hybridized carbons (Fsp3) is 0.333. The van der Waals surface area contributed by atoms with Gasteiger partial charge in [0.25, 0.3) is 0 Å². The largest absolute Gasteiger partial charge is 0.496 e. The summed E-state index contributed by atoms with van der Waals surface area (Å²) in [6.45, 7) is 0.319. The Hall–Kier alpha value is -2.04. The molecule has 0 aromatic heterocycles. The average Bonchev–Trinajstić information content (AvgIpc) is 2.36. The van der Waals surface area contributed by atoms with Crippen LogP contribution in [0.5, 0.6) is 5.75 Å². The molecule has 0 heterocycles. The summed E-state index contributed by atoms with van der Waals surface area (Å²) in [5, 5.41) is 2.62. The van der Waals surface area contributed by atoms with Gasteiger partial charge >= 0.3 is 5.97 Å². The molecule has 0 aliphatic carbocycles. The monoisotopic (exact) mass is 237 g/mol. The predicted molar refractivity (Wildman–Crippen MR) is 61.5 cm³/mol. The molecule has 1 rings (SSSR count). The van der Waals surface area contributed by atoms with Crippen molar-refractivity contribution in [2.45, 2.75) is 13.0 Å². The van der Waals surface area contributed by atoms with Crippen molar-refractivity contribution in [3.63, 3.8) is 0 Å². The first-order valence-corrected chi connectivity index (χ1v) is 5.12. The van der Waals surface area contributed by atoms with Gasteiger partial charge in [0.2, 0.25) is 5.91 Å². The van der Waals surface area contributed by atoms with Crippen molar-refractivity contribution in [1.29, 1.82) is 0 Å². The molecule has 1 N–H and O–H groups in total. The smallest absolute Gasteiger partial charge is 0.315 e. The molecule has 0 aliphatic rings. The molecule has 5 nitrogen and oxygen atoms in total. The van der Waals surface area contributed by atoms with Gasteiger partial charge in [-0.2, -0.15) is 0 Å². The summed E-state index contributed by atoms with van der Waals surface area (Å²) in [6, 6.07) is 7.35. The summed E-state index contributed by atoms with van der Waals surface area (Å²) in [4.78, 5) is 22.2. The maximum Gasteiger partial charge on any atom is 0.315 e.